The minimum atomic E-state index is -0.00295. The number of rotatable bonds is 7. The van der Waals surface area contributed by atoms with Crippen LogP contribution in [-0.4, -0.2) is 30.6 Å². The molecule has 8 heteroatoms. The van der Waals surface area contributed by atoms with Gasteiger partial charge >= 0.3 is 0 Å². The quantitative estimate of drug-likeness (QED) is 0.248. The van der Waals surface area contributed by atoms with E-state index in [-0.39, 0.29) is 17.1 Å². The number of hydrogen-bond acceptors (Lipinski definition) is 7. The summed E-state index contributed by atoms with van der Waals surface area (Å²) in [5.41, 5.74) is 2.19. The second-order valence-corrected chi connectivity index (χ2v) is 8.49. The molecule has 0 amide bonds. The van der Waals surface area contributed by atoms with Crippen LogP contribution in [0.2, 0.25) is 0 Å². The van der Waals surface area contributed by atoms with Crippen molar-refractivity contribution >= 4 is 38.9 Å². The van der Waals surface area contributed by atoms with Gasteiger partial charge in [-0.1, -0.05) is 54.2 Å². The van der Waals surface area contributed by atoms with E-state index in [1.807, 2.05) is 54.0 Å². The molecule has 0 aliphatic heterocycles. The predicted octanol–water partition coefficient (Wildman–Crippen LogP) is 5.08. The Balaban J connectivity index is 1.53. The van der Waals surface area contributed by atoms with E-state index in [0.717, 1.165) is 27.7 Å². The molecule has 0 aliphatic rings. The Bertz CT molecular complexity index is 1200. The van der Waals surface area contributed by atoms with Crippen molar-refractivity contribution in [1.29, 1.82) is 5.26 Å². The van der Waals surface area contributed by atoms with Gasteiger partial charge in [0.05, 0.1) is 16.0 Å². The van der Waals surface area contributed by atoms with Gasteiger partial charge in [-0.2, -0.15) is 5.26 Å². The van der Waals surface area contributed by atoms with Crippen LogP contribution >= 0.6 is 23.1 Å². The first kappa shape index (κ1) is 20.1. The fourth-order valence-corrected chi connectivity index (χ4v) is 4.95. The fraction of sp³-hybridized carbons (Fsp3) is 0.182. The summed E-state index contributed by atoms with van der Waals surface area (Å²) in [6, 6.07) is 19.9. The predicted molar refractivity (Wildman–Crippen MR) is 120 cm³/mol. The van der Waals surface area contributed by atoms with Crippen molar-refractivity contribution in [1.82, 2.24) is 19.7 Å². The van der Waals surface area contributed by atoms with E-state index in [9.17, 15) is 10.4 Å². The molecule has 2 heterocycles. The first-order valence-electron chi connectivity index (χ1n) is 9.46. The summed E-state index contributed by atoms with van der Waals surface area (Å²) in [7, 11) is 0. The maximum absolute atomic E-state index is 10.6. The molecule has 4 rings (SSSR count). The Hall–Kier alpha value is -3.15. The van der Waals surface area contributed by atoms with Crippen LogP contribution in [0, 0.1) is 11.3 Å². The van der Waals surface area contributed by atoms with Crippen molar-refractivity contribution < 1.29 is 5.11 Å². The number of nitriles is 1. The van der Waals surface area contributed by atoms with Gasteiger partial charge in [0.2, 0.25) is 0 Å². The highest BCUT2D eigenvalue weighted by Crippen LogP contribution is 2.30. The van der Waals surface area contributed by atoms with Crippen LogP contribution in [0.4, 0.5) is 0 Å². The van der Waals surface area contributed by atoms with Gasteiger partial charge in [-0.15, -0.1) is 21.5 Å². The van der Waals surface area contributed by atoms with E-state index in [2.05, 4.69) is 33.4 Å². The van der Waals surface area contributed by atoms with Gasteiger partial charge in [-0.05, 0) is 24.6 Å². The molecule has 1 N–H and O–H groups in total. The number of thiazole rings is 1. The van der Waals surface area contributed by atoms with Gasteiger partial charge < -0.3 is 9.67 Å². The van der Waals surface area contributed by atoms with Gasteiger partial charge in [0.15, 0.2) is 5.16 Å². The second-order valence-electron chi connectivity index (χ2n) is 6.51. The third-order valence-electron chi connectivity index (χ3n) is 4.56. The van der Waals surface area contributed by atoms with Crippen LogP contribution in [-0.2, 0) is 13.0 Å². The molecule has 0 atom stereocenters. The summed E-state index contributed by atoms with van der Waals surface area (Å²) in [6.45, 7) is 2.77. The molecule has 6 nitrogen and oxygen atoms in total. The van der Waals surface area contributed by atoms with Crippen LogP contribution in [0.15, 0.2) is 65.5 Å². The lowest BCUT2D eigenvalue weighted by atomic mass is 10.1. The van der Waals surface area contributed by atoms with Gasteiger partial charge in [-0.3, -0.25) is 0 Å². The van der Waals surface area contributed by atoms with Crippen molar-refractivity contribution in [2.24, 2.45) is 0 Å². The number of thioether (sulfide) groups is 1. The number of hydrogen-bond donors (Lipinski definition) is 1. The maximum Gasteiger partial charge on any atom is 0.191 e. The largest absolute Gasteiger partial charge is 0.510 e. The van der Waals surface area contributed by atoms with Crippen molar-refractivity contribution in [2.45, 2.75) is 25.0 Å². The van der Waals surface area contributed by atoms with Crippen LogP contribution in [0.3, 0.4) is 0 Å². The van der Waals surface area contributed by atoms with E-state index in [1.54, 1.807) is 0 Å². The number of nitrogens with zero attached hydrogens (tertiary/aromatic N) is 5. The van der Waals surface area contributed by atoms with Crippen LogP contribution in [0.25, 0.3) is 15.8 Å². The van der Waals surface area contributed by atoms with Crippen molar-refractivity contribution in [3.63, 3.8) is 0 Å². The molecular formula is C22H19N5OS2. The van der Waals surface area contributed by atoms with Crippen molar-refractivity contribution in [3.8, 4) is 6.07 Å². The number of aromatic nitrogens is 4. The molecule has 0 saturated heterocycles. The smallest absolute Gasteiger partial charge is 0.191 e. The number of allylic oxidation sites excluding steroid dienone is 1. The molecule has 30 heavy (non-hydrogen) atoms. The minimum Gasteiger partial charge on any atom is -0.510 e. The number of aliphatic hydroxyl groups excluding tert-OH is 1. The first-order valence-corrected chi connectivity index (χ1v) is 11.3. The maximum atomic E-state index is 10.6. The molecule has 0 bridgehead atoms. The van der Waals surface area contributed by atoms with Gasteiger partial charge in [0.1, 0.15) is 28.2 Å². The molecule has 2 aromatic carbocycles. The zero-order valence-corrected chi connectivity index (χ0v) is 18.0. The summed E-state index contributed by atoms with van der Waals surface area (Å²) in [6.07, 6.45) is 0.694. The lowest BCUT2D eigenvalue weighted by Crippen LogP contribution is -2.04. The summed E-state index contributed by atoms with van der Waals surface area (Å²) in [5.74, 6) is 1.10. The number of para-hydroxylation sites is 1. The van der Waals surface area contributed by atoms with Crippen LogP contribution in [0.5, 0.6) is 0 Å². The molecule has 0 unspecified atom stereocenters. The molecule has 0 fully saturated rings. The molecule has 0 saturated carbocycles. The van der Waals surface area contributed by atoms with E-state index in [4.69, 9.17) is 0 Å². The molecule has 0 spiro atoms. The van der Waals surface area contributed by atoms with Crippen molar-refractivity contribution in [2.75, 3.05) is 5.75 Å². The lowest BCUT2D eigenvalue weighted by Gasteiger charge is -2.07. The number of aliphatic hydroxyl groups is 1. The average Bonchev–Trinajstić information content (AvgIpc) is 3.37. The number of fused-ring (bicyclic) bond motifs is 1. The first-order chi connectivity index (χ1) is 14.7. The SMILES string of the molecule is CCn1c(Cc2ccccc2)nnc1SC/C(O)=C(/C#N)c1nc2ccccc2s1. The monoisotopic (exact) mass is 433 g/mol. The van der Waals surface area contributed by atoms with E-state index >= 15 is 0 Å². The normalized spacial score (nSPS) is 12.0. The van der Waals surface area contributed by atoms with Crippen LogP contribution in [0.1, 0.15) is 23.3 Å². The third kappa shape index (κ3) is 4.22. The fourth-order valence-electron chi connectivity index (χ4n) is 3.07. The van der Waals surface area contributed by atoms with Gasteiger partial charge in [0.25, 0.3) is 0 Å². The Morgan fingerprint density at radius 2 is 1.90 bits per heavy atom. The topological polar surface area (TPSA) is 87.6 Å². The standard InChI is InChI=1S/C22H19N5OS2/c1-2-27-20(12-15-8-4-3-5-9-15)25-26-22(27)29-14-18(28)16(13-23)21-24-17-10-6-7-11-19(17)30-21/h3-11,28H,2,12,14H2,1H3/b18-16+. The van der Waals surface area contributed by atoms with E-state index in [1.165, 1.54) is 28.7 Å². The Morgan fingerprint density at radius 1 is 1.13 bits per heavy atom. The highest BCUT2D eigenvalue weighted by Gasteiger charge is 2.17. The summed E-state index contributed by atoms with van der Waals surface area (Å²) in [5, 5.41) is 30.1. The minimum absolute atomic E-state index is 0.00295. The molecule has 0 aliphatic carbocycles. The van der Waals surface area contributed by atoms with Gasteiger partial charge in [-0.25, -0.2) is 4.98 Å². The average molecular weight is 434 g/mol. The summed E-state index contributed by atoms with van der Waals surface area (Å²) in [4.78, 5) is 4.48. The summed E-state index contributed by atoms with van der Waals surface area (Å²) < 4.78 is 3.02. The molecule has 0 radical (unpaired) electrons. The molecule has 2 aromatic heterocycles. The molecule has 150 valence electrons. The van der Waals surface area contributed by atoms with Crippen LogP contribution < -0.4 is 0 Å². The lowest BCUT2D eigenvalue weighted by molar-refractivity contribution is 0.420. The van der Waals surface area contributed by atoms with E-state index in [0.29, 0.717) is 11.4 Å². The summed E-state index contributed by atoms with van der Waals surface area (Å²) >= 11 is 2.76. The number of benzene rings is 2. The van der Waals surface area contributed by atoms with E-state index < -0.39 is 0 Å². The Morgan fingerprint density at radius 3 is 2.63 bits per heavy atom. The van der Waals surface area contributed by atoms with Gasteiger partial charge in [0, 0.05) is 13.0 Å². The molecular weight excluding hydrogens is 414 g/mol. The highest BCUT2D eigenvalue weighted by molar-refractivity contribution is 7.99. The van der Waals surface area contributed by atoms with Crippen molar-refractivity contribution in [3.05, 3.63) is 76.8 Å². The zero-order chi connectivity index (χ0) is 20.9. The Labute approximate surface area is 182 Å². The molecule has 4 aromatic rings. The zero-order valence-electron chi connectivity index (χ0n) is 16.3. The third-order valence-corrected chi connectivity index (χ3v) is 6.59. The second kappa shape index (κ2) is 9.11. The highest BCUT2D eigenvalue weighted by atomic mass is 32.2. The Kier molecular flexibility index (Phi) is 6.12.